The Bertz CT molecular complexity index is 1270. The van der Waals surface area contributed by atoms with Crippen LogP contribution in [0, 0.1) is 0 Å². The molecule has 182 valence electrons. The number of piperidine rings is 1. The first kappa shape index (κ1) is 23.5. The summed E-state index contributed by atoms with van der Waals surface area (Å²) in [6.07, 6.45) is 5.86. The van der Waals surface area contributed by atoms with Gasteiger partial charge < -0.3 is 14.9 Å². The topological polar surface area (TPSA) is 103 Å². The van der Waals surface area contributed by atoms with Crippen LogP contribution in [0.15, 0.2) is 41.7 Å². The lowest BCUT2D eigenvalue weighted by Crippen LogP contribution is -2.55. The molecule has 1 fully saturated rings. The fraction of sp³-hybridized carbons (Fsp3) is 0.400. The van der Waals surface area contributed by atoms with Gasteiger partial charge in [0.15, 0.2) is 0 Å². The molecule has 0 unspecified atom stereocenters. The Morgan fingerprint density at radius 1 is 1.14 bits per heavy atom. The van der Waals surface area contributed by atoms with E-state index in [9.17, 15) is 14.7 Å². The zero-order valence-electron chi connectivity index (χ0n) is 20.0. The third-order valence-electron chi connectivity index (χ3n) is 6.68. The van der Waals surface area contributed by atoms with Crippen LogP contribution in [0.4, 0.5) is 10.5 Å². The van der Waals surface area contributed by atoms with Gasteiger partial charge in [0.05, 0.1) is 28.5 Å². The lowest BCUT2D eigenvalue weighted by molar-refractivity contribution is -0.140. The summed E-state index contributed by atoms with van der Waals surface area (Å²) in [5, 5.41) is 10.6. The number of aliphatic hydroxyl groups excluding tert-OH is 1. The summed E-state index contributed by atoms with van der Waals surface area (Å²) in [5.41, 5.74) is 4.84. The van der Waals surface area contributed by atoms with Crippen molar-refractivity contribution in [1.29, 1.82) is 0 Å². The molecule has 0 aromatic carbocycles. The first-order valence-electron chi connectivity index (χ1n) is 11.7. The van der Waals surface area contributed by atoms with E-state index in [4.69, 9.17) is 4.98 Å². The third kappa shape index (κ3) is 4.32. The van der Waals surface area contributed by atoms with Crippen molar-refractivity contribution in [1.82, 2.24) is 24.8 Å². The summed E-state index contributed by atoms with van der Waals surface area (Å²) < 4.78 is 0. The van der Waals surface area contributed by atoms with Crippen molar-refractivity contribution in [3.63, 3.8) is 0 Å². The number of likely N-dealkylation sites (tertiary alicyclic amines) is 1. The van der Waals surface area contributed by atoms with E-state index in [0.29, 0.717) is 38.0 Å². The van der Waals surface area contributed by atoms with Crippen molar-refractivity contribution >= 4 is 40.4 Å². The second-order valence-electron chi connectivity index (χ2n) is 9.03. The standard InChI is InChI=1S/C25H28N6O3S/c1-15(32)24(33)30-10-8-18(9-11-30)31-23-17(14-29(2)25(31)34)13-26-20-6-5-19(28-22(20)23)16-4-7-21(35-3)27-12-16/h4-7,12-13,15,18,32H,8-11,14H2,1-3H3/t15-/m0/s1. The molecule has 0 aliphatic carbocycles. The molecule has 1 N–H and O–H groups in total. The Balaban J connectivity index is 1.54. The minimum atomic E-state index is -1.02. The molecule has 0 saturated carbocycles. The van der Waals surface area contributed by atoms with Crippen molar-refractivity contribution in [3.05, 3.63) is 42.2 Å². The zero-order valence-corrected chi connectivity index (χ0v) is 20.8. The van der Waals surface area contributed by atoms with Crippen LogP contribution >= 0.6 is 11.8 Å². The monoisotopic (exact) mass is 492 g/mol. The maximum atomic E-state index is 13.5. The normalized spacial score (nSPS) is 17.6. The van der Waals surface area contributed by atoms with Gasteiger partial charge in [-0.15, -0.1) is 11.8 Å². The molecule has 0 spiro atoms. The van der Waals surface area contributed by atoms with E-state index in [1.807, 2.05) is 47.8 Å². The number of urea groups is 1. The number of carbonyl (C=O) groups is 2. The van der Waals surface area contributed by atoms with Crippen molar-refractivity contribution in [2.24, 2.45) is 0 Å². The number of aliphatic hydroxyl groups is 1. The molecule has 0 bridgehead atoms. The van der Waals surface area contributed by atoms with Gasteiger partial charge in [0.25, 0.3) is 5.91 Å². The number of amides is 3. The van der Waals surface area contributed by atoms with Gasteiger partial charge in [-0.3, -0.25) is 14.7 Å². The van der Waals surface area contributed by atoms with Crippen LogP contribution in [-0.2, 0) is 11.3 Å². The molecule has 5 heterocycles. The van der Waals surface area contributed by atoms with E-state index >= 15 is 0 Å². The van der Waals surface area contributed by atoms with Gasteiger partial charge >= 0.3 is 6.03 Å². The van der Waals surface area contributed by atoms with Crippen molar-refractivity contribution < 1.29 is 14.7 Å². The number of nitrogens with zero attached hydrogens (tertiary/aromatic N) is 6. The molecule has 9 nitrogen and oxygen atoms in total. The van der Waals surface area contributed by atoms with E-state index in [-0.39, 0.29) is 18.0 Å². The first-order valence-corrected chi connectivity index (χ1v) is 12.9. The molecule has 35 heavy (non-hydrogen) atoms. The highest BCUT2D eigenvalue weighted by Crippen LogP contribution is 2.37. The summed E-state index contributed by atoms with van der Waals surface area (Å²) in [6, 6.07) is 7.67. The quantitative estimate of drug-likeness (QED) is 0.558. The van der Waals surface area contributed by atoms with E-state index in [0.717, 1.165) is 33.1 Å². The average Bonchev–Trinajstić information content (AvgIpc) is 2.89. The molecule has 1 saturated heterocycles. The Labute approximate surface area is 208 Å². The highest BCUT2D eigenvalue weighted by molar-refractivity contribution is 7.98. The number of hydrogen-bond donors (Lipinski definition) is 1. The van der Waals surface area contributed by atoms with Gasteiger partial charge in [-0.2, -0.15) is 0 Å². The molecule has 10 heteroatoms. The van der Waals surface area contributed by atoms with Crippen LogP contribution in [0.3, 0.4) is 0 Å². The van der Waals surface area contributed by atoms with Crippen LogP contribution in [0.5, 0.6) is 0 Å². The van der Waals surface area contributed by atoms with Crippen LogP contribution in [0.2, 0.25) is 0 Å². The third-order valence-corrected chi connectivity index (χ3v) is 7.34. The molecule has 2 aliphatic heterocycles. The van der Waals surface area contributed by atoms with Crippen LogP contribution in [0.25, 0.3) is 22.3 Å². The fourth-order valence-corrected chi connectivity index (χ4v) is 5.20. The van der Waals surface area contributed by atoms with E-state index < -0.39 is 6.10 Å². The number of fused-ring (bicyclic) bond motifs is 3. The van der Waals surface area contributed by atoms with Crippen LogP contribution in [0.1, 0.15) is 25.3 Å². The molecule has 1 atom stereocenters. The smallest absolute Gasteiger partial charge is 0.324 e. The van der Waals surface area contributed by atoms with E-state index in [1.54, 1.807) is 28.6 Å². The van der Waals surface area contributed by atoms with Crippen LogP contribution < -0.4 is 4.90 Å². The van der Waals surface area contributed by atoms with Gasteiger partial charge in [-0.05, 0) is 50.3 Å². The summed E-state index contributed by atoms with van der Waals surface area (Å²) in [7, 11) is 1.79. The van der Waals surface area contributed by atoms with Gasteiger partial charge in [-0.1, -0.05) is 0 Å². The Hall–Kier alpha value is -3.24. The SMILES string of the molecule is CSc1ccc(-c2ccc3ncc4c(c3n2)N(C2CCN(C(=O)[C@H](C)O)CC2)C(=O)N(C)C4)cn1. The number of aromatic nitrogens is 3. The predicted molar refractivity (Wildman–Crippen MR) is 135 cm³/mol. The van der Waals surface area contributed by atoms with Gasteiger partial charge in [0.2, 0.25) is 0 Å². The largest absolute Gasteiger partial charge is 0.384 e. The number of thioether (sulfide) groups is 1. The zero-order chi connectivity index (χ0) is 24.7. The average molecular weight is 493 g/mol. The number of hydrogen-bond acceptors (Lipinski definition) is 7. The predicted octanol–water partition coefficient (Wildman–Crippen LogP) is 3.16. The highest BCUT2D eigenvalue weighted by atomic mass is 32.2. The highest BCUT2D eigenvalue weighted by Gasteiger charge is 2.38. The van der Waals surface area contributed by atoms with Crippen molar-refractivity contribution in [3.8, 4) is 11.3 Å². The molecule has 3 aromatic heterocycles. The van der Waals surface area contributed by atoms with E-state index in [1.165, 1.54) is 6.92 Å². The number of anilines is 1. The fourth-order valence-electron chi connectivity index (χ4n) is 4.84. The summed E-state index contributed by atoms with van der Waals surface area (Å²) in [6.45, 7) is 2.93. The summed E-state index contributed by atoms with van der Waals surface area (Å²) in [4.78, 5) is 45.0. The maximum absolute atomic E-state index is 13.5. The van der Waals surface area contributed by atoms with Crippen molar-refractivity contribution in [2.45, 2.75) is 43.5 Å². The summed E-state index contributed by atoms with van der Waals surface area (Å²) >= 11 is 1.58. The number of carbonyl (C=O) groups excluding carboxylic acids is 2. The molecular weight excluding hydrogens is 464 g/mol. The summed E-state index contributed by atoms with van der Waals surface area (Å²) in [5.74, 6) is -0.270. The number of pyridine rings is 3. The molecule has 0 radical (unpaired) electrons. The lowest BCUT2D eigenvalue weighted by Gasteiger charge is -2.43. The first-order chi connectivity index (χ1) is 16.9. The second-order valence-corrected chi connectivity index (χ2v) is 9.85. The molecule has 5 rings (SSSR count). The maximum Gasteiger partial charge on any atom is 0.324 e. The van der Waals surface area contributed by atoms with Crippen LogP contribution in [-0.4, -0.2) is 80.3 Å². The Kier molecular flexibility index (Phi) is 6.33. The van der Waals surface area contributed by atoms with E-state index in [2.05, 4.69) is 9.97 Å². The molecule has 3 aromatic rings. The Morgan fingerprint density at radius 3 is 2.57 bits per heavy atom. The molecule has 2 aliphatic rings. The Morgan fingerprint density at radius 2 is 1.91 bits per heavy atom. The van der Waals surface area contributed by atoms with Gasteiger partial charge in [0, 0.05) is 49.7 Å². The lowest BCUT2D eigenvalue weighted by atomic mass is 9.99. The minimum absolute atomic E-state index is 0.0801. The molecule has 3 amide bonds. The molecular formula is C25H28N6O3S. The second kappa shape index (κ2) is 9.43. The van der Waals surface area contributed by atoms with Crippen molar-refractivity contribution in [2.75, 3.05) is 31.3 Å². The minimum Gasteiger partial charge on any atom is -0.384 e. The number of rotatable bonds is 4. The van der Waals surface area contributed by atoms with Gasteiger partial charge in [0.1, 0.15) is 11.6 Å². The van der Waals surface area contributed by atoms with Gasteiger partial charge in [-0.25, -0.2) is 14.8 Å².